The van der Waals surface area contributed by atoms with Gasteiger partial charge in [0.2, 0.25) is 5.56 Å². The molecule has 0 aliphatic heterocycles. The summed E-state index contributed by atoms with van der Waals surface area (Å²) < 4.78 is 2.10. The van der Waals surface area contributed by atoms with Gasteiger partial charge >= 0.3 is 0 Å². The topological polar surface area (TPSA) is 50.7 Å². The highest BCUT2D eigenvalue weighted by molar-refractivity contribution is 6.30. The lowest BCUT2D eigenvalue weighted by molar-refractivity contribution is 0.677. The van der Waals surface area contributed by atoms with Gasteiger partial charge in [0.1, 0.15) is 0 Å². The summed E-state index contributed by atoms with van der Waals surface area (Å²) >= 11 is 6.15. The van der Waals surface area contributed by atoms with Crippen molar-refractivity contribution in [1.82, 2.24) is 14.5 Å². The number of benzene rings is 3. The zero-order chi connectivity index (χ0) is 22.4. The summed E-state index contributed by atoms with van der Waals surface area (Å²) in [4.78, 5) is 19.8. The fraction of sp³-hybridized carbons (Fsp3) is 0.143. The van der Waals surface area contributed by atoms with Crippen LogP contribution in [0, 0.1) is 0 Å². The number of nitrogens with one attached hydrogen (secondary N) is 1. The van der Waals surface area contributed by atoms with Crippen molar-refractivity contribution in [2.75, 3.05) is 0 Å². The molecule has 1 N–H and O–H groups in total. The van der Waals surface area contributed by atoms with Crippen LogP contribution in [0.25, 0.3) is 10.9 Å². The predicted molar refractivity (Wildman–Crippen MR) is 132 cm³/mol. The first kappa shape index (κ1) is 20.0. The minimum Gasteiger partial charge on any atom is -0.326 e. The van der Waals surface area contributed by atoms with Crippen LogP contribution >= 0.6 is 11.6 Å². The van der Waals surface area contributed by atoms with Crippen molar-refractivity contribution < 1.29 is 0 Å². The molecule has 0 radical (unpaired) electrons. The number of aromatic amines is 1. The second kappa shape index (κ2) is 8.05. The minimum atomic E-state index is -0.0483. The van der Waals surface area contributed by atoms with Crippen LogP contribution in [0.3, 0.4) is 0 Å². The van der Waals surface area contributed by atoms with Crippen molar-refractivity contribution in [3.63, 3.8) is 0 Å². The van der Waals surface area contributed by atoms with Gasteiger partial charge in [-0.1, -0.05) is 60.1 Å². The number of hydrogen-bond donors (Lipinski definition) is 1. The van der Waals surface area contributed by atoms with Gasteiger partial charge in [0.05, 0.1) is 12.4 Å². The van der Waals surface area contributed by atoms with Gasteiger partial charge in [-0.15, -0.1) is 0 Å². The number of fused-ring (bicyclic) bond motifs is 1. The number of hydrogen-bond acceptors (Lipinski definition) is 2. The molecule has 2 heterocycles. The maximum Gasteiger partial charge on any atom is 0.248 e. The third-order valence-corrected chi connectivity index (χ3v) is 6.89. The predicted octanol–water partition coefficient (Wildman–Crippen LogP) is 6.29. The molecule has 1 fully saturated rings. The second-order valence-corrected chi connectivity index (χ2v) is 9.15. The fourth-order valence-corrected chi connectivity index (χ4v) is 5.11. The molecule has 1 saturated carbocycles. The highest BCUT2D eigenvalue weighted by atomic mass is 35.5. The molecule has 33 heavy (non-hydrogen) atoms. The average molecular weight is 452 g/mol. The lowest BCUT2D eigenvalue weighted by Gasteiger charge is -2.21. The molecule has 162 valence electrons. The van der Waals surface area contributed by atoms with Gasteiger partial charge in [-0.3, -0.25) is 4.79 Å². The van der Waals surface area contributed by atoms with Crippen LogP contribution in [0.5, 0.6) is 0 Å². The molecule has 5 aromatic rings. The molecular formula is C28H22ClN3O. The third-order valence-electron chi connectivity index (χ3n) is 6.64. The van der Waals surface area contributed by atoms with Gasteiger partial charge < -0.3 is 9.55 Å². The summed E-state index contributed by atoms with van der Waals surface area (Å²) in [6.07, 6.45) is 6.67. The highest BCUT2D eigenvalue weighted by Crippen LogP contribution is 2.55. The first-order valence-electron chi connectivity index (χ1n) is 11.1. The lowest BCUT2D eigenvalue weighted by Crippen LogP contribution is -2.12. The normalized spacial score (nSPS) is 18.3. The van der Waals surface area contributed by atoms with E-state index in [1.54, 1.807) is 12.3 Å². The fourth-order valence-electron chi connectivity index (χ4n) is 4.99. The van der Waals surface area contributed by atoms with Gasteiger partial charge in [-0.25, -0.2) is 4.98 Å². The summed E-state index contributed by atoms with van der Waals surface area (Å²) in [5.74, 6) is 0.815. The van der Waals surface area contributed by atoms with Crippen molar-refractivity contribution in [1.29, 1.82) is 0 Å². The Balaban J connectivity index is 1.47. The molecule has 3 atom stereocenters. The van der Waals surface area contributed by atoms with Gasteiger partial charge in [0, 0.05) is 34.4 Å². The molecule has 0 spiro atoms. The van der Waals surface area contributed by atoms with Crippen LogP contribution in [0.4, 0.5) is 0 Å². The Hall–Kier alpha value is -3.63. The minimum absolute atomic E-state index is 0.0435. The van der Waals surface area contributed by atoms with Gasteiger partial charge in [-0.05, 0) is 64.8 Å². The van der Waals surface area contributed by atoms with Crippen LogP contribution in [0.1, 0.15) is 46.6 Å². The van der Waals surface area contributed by atoms with E-state index in [-0.39, 0.29) is 11.6 Å². The van der Waals surface area contributed by atoms with Crippen molar-refractivity contribution in [2.24, 2.45) is 0 Å². The van der Waals surface area contributed by atoms with E-state index in [0.717, 1.165) is 34.0 Å². The quantitative estimate of drug-likeness (QED) is 0.341. The van der Waals surface area contributed by atoms with Crippen molar-refractivity contribution in [3.05, 3.63) is 135 Å². The highest BCUT2D eigenvalue weighted by Gasteiger charge is 2.40. The number of halogens is 1. The Kier molecular flexibility index (Phi) is 4.88. The molecule has 2 aromatic heterocycles. The number of rotatable bonds is 5. The number of nitrogens with zero attached hydrogens (tertiary/aromatic N) is 2. The molecule has 1 unspecified atom stereocenters. The third kappa shape index (κ3) is 3.77. The molecule has 5 heteroatoms. The molecule has 3 aromatic carbocycles. The van der Waals surface area contributed by atoms with Gasteiger partial charge in [0.15, 0.2) is 0 Å². The molecule has 0 saturated heterocycles. The van der Waals surface area contributed by atoms with Crippen LogP contribution in [-0.4, -0.2) is 14.5 Å². The monoisotopic (exact) mass is 451 g/mol. The summed E-state index contributed by atoms with van der Waals surface area (Å²) in [5.41, 5.74) is 5.55. The Morgan fingerprint density at radius 2 is 1.73 bits per heavy atom. The SMILES string of the molecule is O=c1cc([C@@H]2C[C@@H]2c2ccccc2)c2cc(C(c3ccc(Cl)cc3)n3ccnc3)ccc2[nH]1. The molecule has 1 aliphatic carbocycles. The van der Waals surface area contributed by atoms with E-state index in [1.807, 2.05) is 36.8 Å². The van der Waals surface area contributed by atoms with Crippen LogP contribution in [0.2, 0.25) is 5.02 Å². The maximum absolute atomic E-state index is 12.5. The standard InChI is InChI=1S/C28H22ClN3O/c29-21-9-6-19(7-10-21)28(32-13-12-30-17-32)20-8-11-26-25(14-20)24(16-27(33)31-26)23-15-22(23)18-4-2-1-3-5-18/h1-14,16-17,22-23,28H,15H2,(H,31,33)/t22-,23-,28?/m1/s1. The van der Waals surface area contributed by atoms with Crippen molar-refractivity contribution in [3.8, 4) is 0 Å². The van der Waals surface area contributed by atoms with Crippen LogP contribution < -0.4 is 5.56 Å². The van der Waals surface area contributed by atoms with Crippen LogP contribution in [0.15, 0.2) is 102 Å². The van der Waals surface area contributed by atoms with Crippen molar-refractivity contribution >= 4 is 22.5 Å². The van der Waals surface area contributed by atoms with Crippen molar-refractivity contribution in [2.45, 2.75) is 24.3 Å². The summed E-state index contributed by atoms with van der Waals surface area (Å²) in [7, 11) is 0. The van der Waals surface area contributed by atoms with E-state index in [0.29, 0.717) is 16.9 Å². The molecule has 1 aliphatic rings. The van der Waals surface area contributed by atoms with E-state index in [4.69, 9.17) is 11.6 Å². The number of imidazole rings is 1. The Labute approximate surface area is 196 Å². The summed E-state index contributed by atoms with van der Waals surface area (Å²) in [6, 6.07) is 26.6. The van der Waals surface area contributed by atoms with E-state index in [2.05, 4.69) is 63.1 Å². The lowest BCUT2D eigenvalue weighted by atomic mass is 9.94. The van der Waals surface area contributed by atoms with Gasteiger partial charge in [-0.2, -0.15) is 0 Å². The number of pyridine rings is 1. The van der Waals surface area contributed by atoms with Crippen LogP contribution in [-0.2, 0) is 0 Å². The Bertz CT molecular complexity index is 1470. The van der Waals surface area contributed by atoms with E-state index >= 15 is 0 Å². The summed E-state index contributed by atoms with van der Waals surface area (Å²) in [5, 5.41) is 1.82. The van der Waals surface area contributed by atoms with Gasteiger partial charge in [0.25, 0.3) is 0 Å². The van der Waals surface area contributed by atoms with E-state index in [1.165, 1.54) is 5.56 Å². The zero-order valence-corrected chi connectivity index (χ0v) is 18.6. The zero-order valence-electron chi connectivity index (χ0n) is 17.9. The molecule has 0 amide bonds. The molecule has 0 bridgehead atoms. The van der Waals surface area contributed by atoms with E-state index in [9.17, 15) is 4.79 Å². The Morgan fingerprint density at radius 3 is 2.48 bits per heavy atom. The molecular weight excluding hydrogens is 430 g/mol. The smallest absolute Gasteiger partial charge is 0.248 e. The number of aromatic nitrogens is 3. The largest absolute Gasteiger partial charge is 0.326 e. The van der Waals surface area contributed by atoms with E-state index < -0.39 is 0 Å². The maximum atomic E-state index is 12.5. The average Bonchev–Trinajstić information content (AvgIpc) is 3.46. The molecule has 6 rings (SSSR count). The number of H-pyrrole nitrogens is 1. The second-order valence-electron chi connectivity index (χ2n) is 8.72. The first-order valence-corrected chi connectivity index (χ1v) is 11.5. The Morgan fingerprint density at radius 1 is 0.939 bits per heavy atom. The molecule has 4 nitrogen and oxygen atoms in total. The summed E-state index contributed by atoms with van der Waals surface area (Å²) in [6.45, 7) is 0. The first-order chi connectivity index (χ1) is 16.2.